The number of hydrogen-bond acceptors (Lipinski definition) is 3. The molecule has 17 heavy (non-hydrogen) atoms. The Morgan fingerprint density at radius 3 is 2.35 bits per heavy atom. The number of phenolic OH excluding ortho intramolecular Hbond substituents is 2. The van der Waals surface area contributed by atoms with Crippen LogP contribution in [0, 0.1) is 0 Å². The Morgan fingerprint density at radius 2 is 1.71 bits per heavy atom. The smallest absolute Gasteiger partial charge is 0.336 e. The van der Waals surface area contributed by atoms with Gasteiger partial charge in [-0.2, -0.15) is 0 Å². The molecule has 0 spiro atoms. The zero-order chi connectivity index (χ0) is 12.4. The molecule has 0 fully saturated rings. The quantitative estimate of drug-likeness (QED) is 0.740. The number of carboxylic acid groups (broad SMARTS) is 1. The summed E-state index contributed by atoms with van der Waals surface area (Å²) in [7, 11) is 0. The van der Waals surface area contributed by atoms with Gasteiger partial charge in [0.2, 0.25) is 0 Å². The second-order valence-corrected chi connectivity index (χ2v) is 3.56. The van der Waals surface area contributed by atoms with Gasteiger partial charge in [0.25, 0.3) is 0 Å². The minimum absolute atomic E-state index is 0.00407. The van der Waals surface area contributed by atoms with Gasteiger partial charge >= 0.3 is 5.97 Å². The van der Waals surface area contributed by atoms with E-state index in [1.807, 2.05) is 0 Å². The van der Waals surface area contributed by atoms with Crippen molar-refractivity contribution in [1.82, 2.24) is 0 Å². The summed E-state index contributed by atoms with van der Waals surface area (Å²) in [6.07, 6.45) is 0. The topological polar surface area (TPSA) is 77.8 Å². The van der Waals surface area contributed by atoms with Gasteiger partial charge in [0, 0.05) is 5.56 Å². The fraction of sp³-hybridized carbons (Fsp3) is 0. The molecule has 0 saturated heterocycles. The van der Waals surface area contributed by atoms with Crippen LogP contribution in [0.25, 0.3) is 11.1 Å². The fourth-order valence-electron chi connectivity index (χ4n) is 1.68. The maximum absolute atomic E-state index is 11.1. The fourth-order valence-corrected chi connectivity index (χ4v) is 1.68. The normalized spacial score (nSPS) is 10.1. The number of rotatable bonds is 2. The predicted molar refractivity (Wildman–Crippen MR) is 62.2 cm³/mol. The van der Waals surface area contributed by atoms with Gasteiger partial charge in [-0.1, -0.05) is 18.2 Å². The van der Waals surface area contributed by atoms with Crippen molar-refractivity contribution >= 4 is 5.97 Å². The van der Waals surface area contributed by atoms with Crippen LogP contribution in [0.5, 0.6) is 11.5 Å². The summed E-state index contributed by atoms with van der Waals surface area (Å²) >= 11 is 0. The molecule has 2 aromatic rings. The maximum Gasteiger partial charge on any atom is 0.336 e. The molecular formula is C13H10O4. The van der Waals surface area contributed by atoms with Gasteiger partial charge in [-0.25, -0.2) is 4.79 Å². The van der Waals surface area contributed by atoms with E-state index in [9.17, 15) is 15.0 Å². The molecule has 0 saturated carbocycles. The Hall–Kier alpha value is -2.49. The van der Waals surface area contributed by atoms with Crippen LogP contribution in [-0.4, -0.2) is 21.3 Å². The molecule has 3 N–H and O–H groups in total. The molecule has 0 heterocycles. The minimum Gasteiger partial charge on any atom is -0.508 e. The van der Waals surface area contributed by atoms with E-state index in [-0.39, 0.29) is 22.6 Å². The van der Waals surface area contributed by atoms with Crippen LogP contribution in [0.4, 0.5) is 0 Å². The van der Waals surface area contributed by atoms with Crippen molar-refractivity contribution in [2.24, 2.45) is 0 Å². The number of phenols is 2. The third kappa shape index (κ3) is 2.06. The number of carbonyl (C=O) groups is 1. The number of hydrogen-bond donors (Lipinski definition) is 3. The first-order valence-electron chi connectivity index (χ1n) is 4.94. The highest BCUT2D eigenvalue weighted by Gasteiger charge is 2.15. The minimum atomic E-state index is -1.13. The number of aromatic carboxylic acids is 1. The summed E-state index contributed by atoms with van der Waals surface area (Å²) in [6, 6.07) is 10.4. The molecule has 0 aliphatic carbocycles. The Morgan fingerprint density at radius 1 is 1.00 bits per heavy atom. The van der Waals surface area contributed by atoms with Crippen LogP contribution in [0.1, 0.15) is 10.4 Å². The summed E-state index contributed by atoms with van der Waals surface area (Å²) in [5.74, 6) is -1.24. The molecular weight excluding hydrogens is 220 g/mol. The predicted octanol–water partition coefficient (Wildman–Crippen LogP) is 2.46. The Kier molecular flexibility index (Phi) is 2.70. The molecule has 86 valence electrons. The third-order valence-corrected chi connectivity index (χ3v) is 2.41. The molecule has 2 rings (SSSR count). The third-order valence-electron chi connectivity index (χ3n) is 2.41. The first kappa shape index (κ1) is 11.0. The van der Waals surface area contributed by atoms with Crippen molar-refractivity contribution in [2.45, 2.75) is 0 Å². The van der Waals surface area contributed by atoms with Crippen LogP contribution in [0.15, 0.2) is 42.5 Å². The molecule has 4 heteroatoms. The average molecular weight is 230 g/mol. The van der Waals surface area contributed by atoms with Gasteiger partial charge in [0.1, 0.15) is 11.5 Å². The lowest BCUT2D eigenvalue weighted by Gasteiger charge is -2.08. The molecule has 2 aromatic carbocycles. The Labute approximate surface area is 97.4 Å². The zero-order valence-electron chi connectivity index (χ0n) is 8.79. The van der Waals surface area contributed by atoms with E-state index >= 15 is 0 Å². The molecule has 0 bridgehead atoms. The Bertz CT molecular complexity index is 575. The molecule has 0 aliphatic rings. The van der Waals surface area contributed by atoms with E-state index in [0.29, 0.717) is 5.56 Å². The summed E-state index contributed by atoms with van der Waals surface area (Å²) in [5, 5.41) is 28.2. The van der Waals surface area contributed by atoms with Gasteiger partial charge in [0.05, 0.1) is 5.56 Å². The largest absolute Gasteiger partial charge is 0.508 e. The van der Waals surface area contributed by atoms with Crippen LogP contribution < -0.4 is 0 Å². The van der Waals surface area contributed by atoms with E-state index in [0.717, 1.165) is 0 Å². The van der Waals surface area contributed by atoms with Crippen LogP contribution in [-0.2, 0) is 0 Å². The molecule has 0 atom stereocenters. The maximum atomic E-state index is 11.1. The highest BCUT2D eigenvalue weighted by molar-refractivity contribution is 5.98. The number of benzene rings is 2. The van der Waals surface area contributed by atoms with Crippen molar-refractivity contribution in [3.05, 3.63) is 48.0 Å². The van der Waals surface area contributed by atoms with E-state index in [1.54, 1.807) is 12.1 Å². The lowest BCUT2D eigenvalue weighted by Crippen LogP contribution is -1.99. The van der Waals surface area contributed by atoms with E-state index in [1.165, 1.54) is 30.3 Å². The molecule has 0 aromatic heterocycles. The van der Waals surface area contributed by atoms with E-state index in [4.69, 9.17) is 5.11 Å². The highest BCUT2D eigenvalue weighted by Crippen LogP contribution is 2.33. The van der Waals surface area contributed by atoms with Crippen molar-refractivity contribution in [3.63, 3.8) is 0 Å². The molecule has 0 aliphatic heterocycles. The lowest BCUT2D eigenvalue weighted by molar-refractivity contribution is 0.0697. The summed E-state index contributed by atoms with van der Waals surface area (Å²) in [5.41, 5.74) is 0.659. The molecule has 0 radical (unpaired) electrons. The van der Waals surface area contributed by atoms with Crippen LogP contribution in [0.3, 0.4) is 0 Å². The van der Waals surface area contributed by atoms with Gasteiger partial charge in [-0.3, -0.25) is 0 Å². The van der Waals surface area contributed by atoms with Crippen molar-refractivity contribution in [2.75, 3.05) is 0 Å². The lowest BCUT2D eigenvalue weighted by atomic mass is 9.98. The van der Waals surface area contributed by atoms with Crippen molar-refractivity contribution < 1.29 is 20.1 Å². The van der Waals surface area contributed by atoms with Crippen molar-refractivity contribution in [1.29, 1.82) is 0 Å². The van der Waals surface area contributed by atoms with Crippen LogP contribution >= 0.6 is 0 Å². The SMILES string of the molecule is O=C(O)c1cccc(O)c1-c1cccc(O)c1. The van der Waals surface area contributed by atoms with E-state index < -0.39 is 5.97 Å². The van der Waals surface area contributed by atoms with Gasteiger partial charge in [0.15, 0.2) is 0 Å². The average Bonchev–Trinajstić information content (AvgIpc) is 2.28. The van der Waals surface area contributed by atoms with Crippen molar-refractivity contribution in [3.8, 4) is 22.6 Å². The second kappa shape index (κ2) is 4.17. The summed E-state index contributed by atoms with van der Waals surface area (Å²) in [4.78, 5) is 11.1. The monoisotopic (exact) mass is 230 g/mol. The van der Waals surface area contributed by atoms with Gasteiger partial charge in [-0.15, -0.1) is 0 Å². The van der Waals surface area contributed by atoms with E-state index in [2.05, 4.69) is 0 Å². The van der Waals surface area contributed by atoms with Crippen LogP contribution in [0.2, 0.25) is 0 Å². The summed E-state index contributed by atoms with van der Waals surface area (Å²) < 4.78 is 0. The molecule has 0 amide bonds. The standard InChI is InChI=1S/C13H10O4/c14-9-4-1-3-8(7-9)12-10(13(16)17)5-2-6-11(12)15/h1-7,14-15H,(H,16,17). The summed E-state index contributed by atoms with van der Waals surface area (Å²) in [6.45, 7) is 0. The number of aromatic hydroxyl groups is 2. The molecule has 0 unspecified atom stereocenters. The Balaban J connectivity index is 2.70. The first-order valence-corrected chi connectivity index (χ1v) is 4.94. The number of carboxylic acids is 1. The molecule has 4 nitrogen and oxygen atoms in total. The second-order valence-electron chi connectivity index (χ2n) is 3.56. The van der Waals surface area contributed by atoms with Gasteiger partial charge < -0.3 is 15.3 Å². The first-order chi connectivity index (χ1) is 8.09. The zero-order valence-corrected chi connectivity index (χ0v) is 8.79. The highest BCUT2D eigenvalue weighted by atomic mass is 16.4. The van der Waals surface area contributed by atoms with Gasteiger partial charge in [-0.05, 0) is 29.8 Å².